The second-order valence-corrected chi connectivity index (χ2v) is 8.11. The van der Waals surface area contributed by atoms with Crippen LogP contribution in [-0.2, 0) is 0 Å². The highest BCUT2D eigenvalue weighted by Gasteiger charge is 2.44. The van der Waals surface area contributed by atoms with Gasteiger partial charge in [0.05, 0.1) is 0 Å². The summed E-state index contributed by atoms with van der Waals surface area (Å²) in [4.78, 5) is 0. The van der Waals surface area contributed by atoms with Crippen LogP contribution in [0.3, 0.4) is 0 Å². The lowest BCUT2D eigenvalue weighted by Gasteiger charge is -2.38. The second-order valence-electron chi connectivity index (χ2n) is 8.11. The van der Waals surface area contributed by atoms with Crippen LogP contribution in [-0.4, -0.2) is 6.04 Å². The molecule has 3 heteroatoms. The third-order valence-corrected chi connectivity index (χ3v) is 6.18. The standard InChI is InChI=1S/C22H31FN2/c1-4-5-19(24)12-16-6-7-17-13-21(15(2)14-22(16,17)3)25-20-10-8-18(23)9-11-20/h8-11,13,16,19,25H,4-7,12,14,24H2,1-3H3/t16-,19?,22-/m1/s1. The first-order valence-electron chi connectivity index (χ1n) is 9.61. The molecule has 1 fully saturated rings. The van der Waals surface area contributed by atoms with Gasteiger partial charge in [0, 0.05) is 17.4 Å². The predicted molar refractivity (Wildman–Crippen MR) is 104 cm³/mol. The topological polar surface area (TPSA) is 38.0 Å². The summed E-state index contributed by atoms with van der Waals surface area (Å²) in [5.74, 6) is 0.482. The van der Waals surface area contributed by atoms with E-state index in [1.807, 2.05) is 0 Å². The minimum absolute atomic E-state index is 0.201. The predicted octanol–water partition coefficient (Wildman–Crippen LogP) is 5.78. The molecule has 2 aliphatic carbocycles. The van der Waals surface area contributed by atoms with Gasteiger partial charge < -0.3 is 11.1 Å². The van der Waals surface area contributed by atoms with Crippen LogP contribution in [0.15, 0.2) is 47.2 Å². The summed E-state index contributed by atoms with van der Waals surface area (Å²) in [6.07, 6.45) is 9.27. The van der Waals surface area contributed by atoms with E-state index in [2.05, 4.69) is 32.2 Å². The summed E-state index contributed by atoms with van der Waals surface area (Å²) < 4.78 is 13.1. The van der Waals surface area contributed by atoms with Crippen molar-refractivity contribution in [1.82, 2.24) is 0 Å². The molecule has 3 N–H and O–H groups in total. The lowest BCUT2D eigenvalue weighted by molar-refractivity contribution is 0.236. The van der Waals surface area contributed by atoms with Gasteiger partial charge in [0.15, 0.2) is 0 Å². The number of allylic oxidation sites excluding steroid dienone is 3. The van der Waals surface area contributed by atoms with E-state index in [1.54, 1.807) is 17.7 Å². The number of anilines is 1. The van der Waals surface area contributed by atoms with Gasteiger partial charge in [-0.1, -0.05) is 25.8 Å². The molecule has 2 aliphatic rings. The minimum atomic E-state index is -0.201. The Labute approximate surface area is 151 Å². The number of nitrogens with one attached hydrogen (secondary N) is 1. The zero-order chi connectivity index (χ0) is 18.0. The molecular weight excluding hydrogens is 311 g/mol. The van der Waals surface area contributed by atoms with E-state index in [4.69, 9.17) is 5.73 Å². The fourth-order valence-electron chi connectivity index (χ4n) is 4.70. The van der Waals surface area contributed by atoms with Gasteiger partial charge in [-0.15, -0.1) is 0 Å². The van der Waals surface area contributed by atoms with Crippen LogP contribution in [0, 0.1) is 17.2 Å². The highest BCUT2D eigenvalue weighted by atomic mass is 19.1. The Kier molecular flexibility index (Phi) is 5.33. The van der Waals surface area contributed by atoms with E-state index >= 15 is 0 Å². The van der Waals surface area contributed by atoms with E-state index in [0.717, 1.165) is 31.4 Å². The van der Waals surface area contributed by atoms with Crippen LogP contribution in [0.4, 0.5) is 10.1 Å². The molecule has 1 unspecified atom stereocenters. The largest absolute Gasteiger partial charge is 0.356 e. The van der Waals surface area contributed by atoms with Crippen LogP contribution >= 0.6 is 0 Å². The molecule has 1 saturated carbocycles. The summed E-state index contributed by atoms with van der Waals surface area (Å²) >= 11 is 0. The molecule has 3 atom stereocenters. The van der Waals surface area contributed by atoms with Gasteiger partial charge in [-0.25, -0.2) is 4.39 Å². The number of rotatable bonds is 6. The molecule has 0 spiro atoms. The molecule has 0 aliphatic heterocycles. The highest BCUT2D eigenvalue weighted by molar-refractivity contribution is 5.54. The minimum Gasteiger partial charge on any atom is -0.356 e. The Morgan fingerprint density at radius 1 is 1.32 bits per heavy atom. The van der Waals surface area contributed by atoms with Crippen molar-refractivity contribution in [2.45, 2.75) is 65.3 Å². The molecule has 0 radical (unpaired) electrons. The zero-order valence-corrected chi connectivity index (χ0v) is 15.7. The van der Waals surface area contributed by atoms with Gasteiger partial charge in [-0.3, -0.25) is 0 Å². The average Bonchev–Trinajstić information content (AvgIpc) is 2.86. The molecule has 1 aromatic rings. The van der Waals surface area contributed by atoms with E-state index in [9.17, 15) is 4.39 Å². The van der Waals surface area contributed by atoms with Crippen molar-refractivity contribution in [1.29, 1.82) is 0 Å². The molecule has 0 saturated heterocycles. The third-order valence-electron chi connectivity index (χ3n) is 6.18. The Balaban J connectivity index is 1.75. The summed E-state index contributed by atoms with van der Waals surface area (Å²) in [6.45, 7) is 6.85. The SMILES string of the molecule is CCCC(N)C[C@H]1CCC2=CC(Nc3ccc(F)cc3)=C(C)C[C@@]21C. The molecule has 136 valence electrons. The van der Waals surface area contributed by atoms with Crippen molar-refractivity contribution in [3.05, 3.63) is 53.0 Å². The molecule has 0 amide bonds. The molecular formula is C22H31FN2. The lowest BCUT2D eigenvalue weighted by Crippen LogP contribution is -2.32. The Bertz CT molecular complexity index is 674. The first kappa shape index (κ1) is 18.2. The fraction of sp³-hybridized carbons (Fsp3) is 0.545. The number of fused-ring (bicyclic) bond motifs is 1. The van der Waals surface area contributed by atoms with Gasteiger partial charge in [-0.2, -0.15) is 0 Å². The first-order valence-corrected chi connectivity index (χ1v) is 9.61. The zero-order valence-electron chi connectivity index (χ0n) is 15.7. The summed E-state index contributed by atoms with van der Waals surface area (Å²) in [7, 11) is 0. The molecule has 1 aromatic carbocycles. The Morgan fingerprint density at radius 2 is 2.04 bits per heavy atom. The second kappa shape index (κ2) is 7.33. The van der Waals surface area contributed by atoms with Gasteiger partial charge in [0.25, 0.3) is 0 Å². The monoisotopic (exact) mass is 342 g/mol. The van der Waals surface area contributed by atoms with E-state index in [0.29, 0.717) is 12.0 Å². The molecule has 0 heterocycles. The summed E-state index contributed by atoms with van der Waals surface area (Å²) in [5, 5.41) is 3.48. The Morgan fingerprint density at radius 3 is 2.72 bits per heavy atom. The third kappa shape index (κ3) is 3.82. The number of benzene rings is 1. The van der Waals surface area contributed by atoms with E-state index in [-0.39, 0.29) is 11.2 Å². The van der Waals surface area contributed by atoms with E-state index < -0.39 is 0 Å². The molecule has 25 heavy (non-hydrogen) atoms. The van der Waals surface area contributed by atoms with Crippen LogP contribution in [0.5, 0.6) is 0 Å². The normalized spacial score (nSPS) is 27.1. The van der Waals surface area contributed by atoms with Crippen molar-refractivity contribution in [3.8, 4) is 0 Å². The maximum absolute atomic E-state index is 13.1. The van der Waals surface area contributed by atoms with Crippen LogP contribution < -0.4 is 11.1 Å². The maximum atomic E-state index is 13.1. The van der Waals surface area contributed by atoms with Gasteiger partial charge in [-0.05, 0) is 86.3 Å². The lowest BCUT2D eigenvalue weighted by atomic mass is 9.68. The number of halogens is 1. The molecule has 2 nitrogen and oxygen atoms in total. The number of hydrogen-bond acceptors (Lipinski definition) is 2. The van der Waals surface area contributed by atoms with E-state index in [1.165, 1.54) is 36.2 Å². The molecule has 0 bridgehead atoms. The maximum Gasteiger partial charge on any atom is 0.123 e. The first-order chi connectivity index (χ1) is 11.9. The quantitative estimate of drug-likeness (QED) is 0.688. The van der Waals surface area contributed by atoms with Gasteiger partial charge in [0.2, 0.25) is 0 Å². The van der Waals surface area contributed by atoms with Crippen molar-refractivity contribution in [3.63, 3.8) is 0 Å². The van der Waals surface area contributed by atoms with Crippen LogP contribution in [0.2, 0.25) is 0 Å². The van der Waals surface area contributed by atoms with Gasteiger partial charge in [0.1, 0.15) is 5.82 Å². The Hall–Kier alpha value is -1.61. The average molecular weight is 343 g/mol. The highest BCUT2D eigenvalue weighted by Crippen LogP contribution is 2.55. The van der Waals surface area contributed by atoms with Crippen molar-refractivity contribution in [2.24, 2.45) is 17.1 Å². The smallest absolute Gasteiger partial charge is 0.123 e. The molecule has 0 aromatic heterocycles. The molecule has 3 rings (SSSR count). The van der Waals surface area contributed by atoms with Crippen molar-refractivity contribution in [2.75, 3.05) is 5.32 Å². The van der Waals surface area contributed by atoms with Crippen molar-refractivity contribution >= 4 is 5.69 Å². The van der Waals surface area contributed by atoms with Crippen LogP contribution in [0.1, 0.15) is 59.3 Å². The van der Waals surface area contributed by atoms with Crippen molar-refractivity contribution < 1.29 is 4.39 Å². The number of hydrogen-bond donors (Lipinski definition) is 2. The number of nitrogens with two attached hydrogens (primary N) is 1. The fourth-order valence-corrected chi connectivity index (χ4v) is 4.70. The van der Waals surface area contributed by atoms with Gasteiger partial charge >= 0.3 is 0 Å². The van der Waals surface area contributed by atoms with Crippen LogP contribution in [0.25, 0.3) is 0 Å². The summed E-state index contributed by atoms with van der Waals surface area (Å²) in [6, 6.07) is 6.92. The summed E-state index contributed by atoms with van der Waals surface area (Å²) in [5.41, 5.74) is 11.7.